The molecule has 0 spiro atoms. The van der Waals surface area contributed by atoms with Gasteiger partial charge in [0.25, 0.3) is 5.91 Å². The molecule has 0 radical (unpaired) electrons. The average molecular weight is 384 g/mol. The van der Waals surface area contributed by atoms with Gasteiger partial charge in [0.1, 0.15) is 18.2 Å². The van der Waals surface area contributed by atoms with Crippen molar-refractivity contribution in [2.75, 3.05) is 20.6 Å². The molecule has 0 heterocycles. The van der Waals surface area contributed by atoms with Gasteiger partial charge >= 0.3 is 0 Å². The minimum absolute atomic E-state index is 0.0256. The summed E-state index contributed by atoms with van der Waals surface area (Å²) in [6.45, 7) is 0.914. The standard InChI is InChI=1S/C23H29FN2O2/c1-26(2)23(14-6-3-7-15-23)17-25-22(27)20-8-4-5-9-21(20)28-16-18-10-12-19(24)13-11-18/h4-5,8-13H,3,6-7,14-17H2,1-2H3,(H,25,27). The van der Waals surface area contributed by atoms with E-state index in [1.165, 1.54) is 31.4 Å². The lowest BCUT2D eigenvalue weighted by molar-refractivity contribution is 0.0796. The molecule has 0 atom stereocenters. The molecular formula is C23H29FN2O2. The molecule has 0 unspecified atom stereocenters. The zero-order valence-electron chi connectivity index (χ0n) is 16.7. The van der Waals surface area contributed by atoms with Gasteiger partial charge in [-0.15, -0.1) is 0 Å². The molecule has 1 amide bonds. The van der Waals surface area contributed by atoms with Gasteiger partial charge in [-0.1, -0.05) is 43.5 Å². The molecule has 1 aliphatic carbocycles. The van der Waals surface area contributed by atoms with Crippen molar-refractivity contribution in [2.24, 2.45) is 0 Å². The van der Waals surface area contributed by atoms with Gasteiger partial charge in [0.15, 0.2) is 0 Å². The summed E-state index contributed by atoms with van der Waals surface area (Å²) in [5.74, 6) is 0.134. The number of rotatable bonds is 7. The van der Waals surface area contributed by atoms with E-state index in [9.17, 15) is 9.18 Å². The molecular weight excluding hydrogens is 355 g/mol. The van der Waals surface area contributed by atoms with Crippen LogP contribution in [0.5, 0.6) is 5.75 Å². The fourth-order valence-corrected chi connectivity index (χ4v) is 3.85. The Bertz CT molecular complexity index is 783. The fourth-order valence-electron chi connectivity index (χ4n) is 3.85. The molecule has 2 aromatic carbocycles. The second kappa shape index (κ2) is 9.20. The van der Waals surface area contributed by atoms with Gasteiger partial charge in [0, 0.05) is 12.1 Å². The molecule has 28 heavy (non-hydrogen) atoms. The van der Waals surface area contributed by atoms with Crippen molar-refractivity contribution in [3.05, 3.63) is 65.5 Å². The number of amides is 1. The number of carbonyl (C=O) groups excluding carboxylic acids is 1. The molecule has 1 fully saturated rings. The van der Waals surface area contributed by atoms with Crippen molar-refractivity contribution < 1.29 is 13.9 Å². The van der Waals surface area contributed by atoms with E-state index < -0.39 is 0 Å². The van der Waals surface area contributed by atoms with Crippen LogP contribution in [0.3, 0.4) is 0 Å². The number of nitrogens with one attached hydrogen (secondary N) is 1. The van der Waals surface area contributed by atoms with Crippen LogP contribution in [0.4, 0.5) is 4.39 Å². The van der Waals surface area contributed by atoms with Gasteiger partial charge in [0.2, 0.25) is 0 Å². The van der Waals surface area contributed by atoms with Gasteiger partial charge in [-0.2, -0.15) is 0 Å². The molecule has 5 heteroatoms. The molecule has 1 saturated carbocycles. The molecule has 0 bridgehead atoms. The van der Waals surface area contributed by atoms with E-state index in [-0.39, 0.29) is 23.9 Å². The highest BCUT2D eigenvalue weighted by Gasteiger charge is 2.34. The highest BCUT2D eigenvalue weighted by atomic mass is 19.1. The Labute approximate surface area is 166 Å². The number of carbonyl (C=O) groups is 1. The molecule has 0 aromatic heterocycles. The second-order valence-electron chi connectivity index (χ2n) is 7.77. The minimum atomic E-state index is -0.277. The van der Waals surface area contributed by atoms with Crippen LogP contribution >= 0.6 is 0 Å². The van der Waals surface area contributed by atoms with Crippen LogP contribution < -0.4 is 10.1 Å². The lowest BCUT2D eigenvalue weighted by atomic mass is 9.80. The van der Waals surface area contributed by atoms with Crippen molar-refractivity contribution in [2.45, 2.75) is 44.2 Å². The van der Waals surface area contributed by atoms with Crippen molar-refractivity contribution in [3.8, 4) is 5.75 Å². The van der Waals surface area contributed by atoms with Gasteiger partial charge in [0.05, 0.1) is 5.56 Å². The van der Waals surface area contributed by atoms with E-state index in [0.29, 0.717) is 17.9 Å². The number of likely N-dealkylation sites (N-methyl/N-ethyl adjacent to an activating group) is 1. The van der Waals surface area contributed by atoms with Gasteiger partial charge < -0.3 is 15.0 Å². The summed E-state index contributed by atoms with van der Waals surface area (Å²) in [6, 6.07) is 13.4. The summed E-state index contributed by atoms with van der Waals surface area (Å²) in [4.78, 5) is 15.1. The first kappa shape index (κ1) is 20.3. The topological polar surface area (TPSA) is 41.6 Å². The Morgan fingerprint density at radius 2 is 1.75 bits per heavy atom. The highest BCUT2D eigenvalue weighted by molar-refractivity contribution is 5.96. The SMILES string of the molecule is CN(C)C1(CNC(=O)c2ccccc2OCc2ccc(F)cc2)CCCCC1. The van der Waals surface area contributed by atoms with Crippen molar-refractivity contribution in [1.29, 1.82) is 0 Å². The number of para-hydroxylation sites is 1. The van der Waals surface area contributed by atoms with E-state index in [4.69, 9.17) is 4.74 Å². The summed E-state index contributed by atoms with van der Waals surface area (Å²) in [6.07, 6.45) is 5.87. The Kier molecular flexibility index (Phi) is 6.68. The molecule has 1 N–H and O–H groups in total. The Morgan fingerprint density at radius 3 is 2.43 bits per heavy atom. The maximum absolute atomic E-state index is 13.0. The Morgan fingerprint density at radius 1 is 1.07 bits per heavy atom. The first-order chi connectivity index (χ1) is 13.5. The van der Waals surface area contributed by atoms with Crippen LogP contribution in [0.1, 0.15) is 48.0 Å². The van der Waals surface area contributed by atoms with E-state index in [1.807, 2.05) is 12.1 Å². The Balaban J connectivity index is 1.65. The van der Waals surface area contributed by atoms with E-state index in [0.717, 1.165) is 18.4 Å². The van der Waals surface area contributed by atoms with Gasteiger partial charge in [-0.3, -0.25) is 4.79 Å². The first-order valence-electron chi connectivity index (χ1n) is 9.92. The fraction of sp³-hybridized carbons (Fsp3) is 0.435. The quantitative estimate of drug-likeness (QED) is 0.769. The average Bonchev–Trinajstić information content (AvgIpc) is 2.72. The van der Waals surface area contributed by atoms with Crippen LogP contribution in [0, 0.1) is 5.82 Å². The predicted molar refractivity (Wildman–Crippen MR) is 109 cm³/mol. The van der Waals surface area contributed by atoms with Gasteiger partial charge in [-0.25, -0.2) is 4.39 Å². The molecule has 150 valence electrons. The zero-order chi connectivity index (χ0) is 20.0. The number of nitrogens with zero attached hydrogens (tertiary/aromatic N) is 1. The van der Waals surface area contributed by atoms with E-state index >= 15 is 0 Å². The molecule has 0 aliphatic heterocycles. The number of ether oxygens (including phenoxy) is 1. The molecule has 1 aliphatic rings. The van der Waals surface area contributed by atoms with Crippen LogP contribution in [0.25, 0.3) is 0 Å². The van der Waals surface area contributed by atoms with Gasteiger partial charge in [-0.05, 0) is 56.8 Å². The largest absolute Gasteiger partial charge is 0.488 e. The normalized spacial score (nSPS) is 16.0. The number of benzene rings is 2. The summed E-state index contributed by atoms with van der Waals surface area (Å²) in [7, 11) is 4.19. The number of hydrogen-bond acceptors (Lipinski definition) is 3. The lowest BCUT2D eigenvalue weighted by Gasteiger charge is -2.43. The van der Waals surface area contributed by atoms with Crippen molar-refractivity contribution in [1.82, 2.24) is 10.2 Å². The lowest BCUT2D eigenvalue weighted by Crippen LogP contribution is -2.53. The summed E-state index contributed by atoms with van der Waals surface area (Å²) >= 11 is 0. The molecule has 4 nitrogen and oxygen atoms in total. The maximum atomic E-state index is 13.0. The monoisotopic (exact) mass is 384 g/mol. The van der Waals surface area contributed by atoms with E-state index in [1.54, 1.807) is 24.3 Å². The summed E-state index contributed by atoms with van der Waals surface area (Å²) in [5.41, 5.74) is 1.40. The molecule has 3 rings (SSSR count). The van der Waals surface area contributed by atoms with Crippen LogP contribution in [0.15, 0.2) is 48.5 Å². The van der Waals surface area contributed by atoms with Crippen molar-refractivity contribution in [3.63, 3.8) is 0 Å². The zero-order valence-corrected chi connectivity index (χ0v) is 16.7. The highest BCUT2D eigenvalue weighted by Crippen LogP contribution is 2.31. The third-order valence-corrected chi connectivity index (χ3v) is 5.75. The van der Waals surface area contributed by atoms with E-state index in [2.05, 4.69) is 24.3 Å². The van der Waals surface area contributed by atoms with Crippen LogP contribution in [0.2, 0.25) is 0 Å². The number of hydrogen-bond donors (Lipinski definition) is 1. The van der Waals surface area contributed by atoms with Crippen LogP contribution in [-0.4, -0.2) is 37.0 Å². The molecule has 0 saturated heterocycles. The Hall–Kier alpha value is -2.40. The summed E-state index contributed by atoms with van der Waals surface area (Å²) in [5, 5.41) is 3.13. The smallest absolute Gasteiger partial charge is 0.255 e. The second-order valence-corrected chi connectivity index (χ2v) is 7.77. The van der Waals surface area contributed by atoms with Crippen molar-refractivity contribution >= 4 is 5.91 Å². The predicted octanol–water partition coefficient (Wildman–Crippen LogP) is 4.40. The maximum Gasteiger partial charge on any atom is 0.255 e. The third-order valence-electron chi connectivity index (χ3n) is 5.75. The number of halogens is 1. The first-order valence-corrected chi connectivity index (χ1v) is 9.92. The molecule has 2 aromatic rings. The van der Waals surface area contributed by atoms with Crippen LogP contribution in [-0.2, 0) is 6.61 Å². The minimum Gasteiger partial charge on any atom is -0.488 e. The summed E-state index contributed by atoms with van der Waals surface area (Å²) < 4.78 is 18.9. The third kappa shape index (κ3) is 4.90.